The molecule has 0 fully saturated rings. The van der Waals surface area contributed by atoms with Crippen LogP contribution in [-0.4, -0.2) is 38.9 Å². The number of hydrogen-bond donors (Lipinski definition) is 1. The lowest BCUT2D eigenvalue weighted by molar-refractivity contribution is -0.121. The summed E-state index contributed by atoms with van der Waals surface area (Å²) >= 11 is 0. The number of hydrogen-bond acceptors (Lipinski definition) is 5. The molecule has 25 heavy (non-hydrogen) atoms. The lowest BCUT2D eigenvalue weighted by atomic mass is 10.1. The zero-order valence-corrected chi connectivity index (χ0v) is 14.1. The van der Waals surface area contributed by atoms with Crippen LogP contribution in [0, 0.1) is 0 Å². The van der Waals surface area contributed by atoms with Gasteiger partial charge >= 0.3 is 0 Å². The average molecular weight is 341 g/mol. The van der Waals surface area contributed by atoms with Crippen molar-refractivity contribution in [3.05, 3.63) is 52.7 Å². The van der Waals surface area contributed by atoms with Crippen molar-refractivity contribution in [2.24, 2.45) is 7.05 Å². The van der Waals surface area contributed by atoms with Crippen molar-refractivity contribution >= 4 is 16.9 Å². The van der Waals surface area contributed by atoms with Crippen LogP contribution in [0.2, 0.25) is 0 Å². The van der Waals surface area contributed by atoms with E-state index in [1.807, 2.05) is 24.3 Å². The van der Waals surface area contributed by atoms with Crippen LogP contribution in [0.4, 0.5) is 0 Å². The molecule has 8 heteroatoms. The lowest BCUT2D eigenvalue weighted by Gasteiger charge is -2.10. The first-order valence-electron chi connectivity index (χ1n) is 7.86. The zero-order chi connectivity index (χ0) is 17.8. The van der Waals surface area contributed by atoms with Gasteiger partial charge in [0.15, 0.2) is 5.65 Å². The summed E-state index contributed by atoms with van der Waals surface area (Å²) < 4.78 is 8.09. The Hall–Kier alpha value is -3.16. The van der Waals surface area contributed by atoms with Gasteiger partial charge in [0, 0.05) is 13.6 Å². The van der Waals surface area contributed by atoms with Gasteiger partial charge in [0.25, 0.3) is 5.56 Å². The van der Waals surface area contributed by atoms with Crippen molar-refractivity contribution in [1.29, 1.82) is 0 Å². The number of ether oxygens (including phenoxy) is 1. The third kappa shape index (κ3) is 3.52. The molecule has 0 saturated carbocycles. The first kappa shape index (κ1) is 16.7. The normalized spacial score (nSPS) is 10.8. The van der Waals surface area contributed by atoms with Crippen molar-refractivity contribution in [3.8, 4) is 5.75 Å². The van der Waals surface area contributed by atoms with Crippen molar-refractivity contribution < 1.29 is 9.53 Å². The van der Waals surface area contributed by atoms with Crippen LogP contribution >= 0.6 is 0 Å². The molecule has 1 aromatic carbocycles. The minimum atomic E-state index is -0.280. The maximum absolute atomic E-state index is 12.3. The van der Waals surface area contributed by atoms with Gasteiger partial charge in [0.1, 0.15) is 24.0 Å². The van der Waals surface area contributed by atoms with Crippen LogP contribution in [-0.2, 0) is 24.8 Å². The number of amides is 1. The summed E-state index contributed by atoms with van der Waals surface area (Å²) in [6.45, 7) is 0.374. The molecule has 130 valence electrons. The summed E-state index contributed by atoms with van der Waals surface area (Å²) in [5.41, 5.74) is 1.23. The molecule has 0 radical (unpaired) electrons. The molecular formula is C17H19N5O3. The minimum Gasteiger partial charge on any atom is -0.496 e. The molecule has 0 aliphatic heterocycles. The number of para-hydroxylation sites is 1. The molecule has 1 N–H and O–H groups in total. The lowest BCUT2D eigenvalue weighted by Crippen LogP contribution is -2.33. The summed E-state index contributed by atoms with van der Waals surface area (Å²) in [6, 6.07) is 7.66. The van der Waals surface area contributed by atoms with Gasteiger partial charge in [0.2, 0.25) is 5.91 Å². The predicted molar refractivity (Wildman–Crippen MR) is 92.5 cm³/mol. The number of methoxy groups -OCH3 is 1. The Balaban J connectivity index is 1.61. The predicted octanol–water partition coefficient (Wildman–Crippen LogP) is 0.497. The van der Waals surface area contributed by atoms with E-state index in [0.29, 0.717) is 24.0 Å². The Morgan fingerprint density at radius 3 is 2.92 bits per heavy atom. The van der Waals surface area contributed by atoms with E-state index in [2.05, 4.69) is 15.4 Å². The van der Waals surface area contributed by atoms with E-state index in [9.17, 15) is 9.59 Å². The molecular weight excluding hydrogens is 322 g/mol. The van der Waals surface area contributed by atoms with E-state index in [4.69, 9.17) is 4.74 Å². The molecule has 8 nitrogen and oxygen atoms in total. The van der Waals surface area contributed by atoms with E-state index in [1.54, 1.807) is 14.2 Å². The molecule has 1 amide bonds. The highest BCUT2D eigenvalue weighted by molar-refractivity contribution is 5.77. The first-order chi connectivity index (χ1) is 12.1. The van der Waals surface area contributed by atoms with Gasteiger partial charge in [-0.05, 0) is 18.1 Å². The van der Waals surface area contributed by atoms with Crippen molar-refractivity contribution in [2.75, 3.05) is 13.7 Å². The number of nitrogens with one attached hydrogen (secondary N) is 1. The van der Waals surface area contributed by atoms with Crippen LogP contribution in [0.1, 0.15) is 5.56 Å². The average Bonchev–Trinajstić information content (AvgIpc) is 2.99. The van der Waals surface area contributed by atoms with Crippen LogP contribution in [0.3, 0.4) is 0 Å². The Labute approximate surface area is 144 Å². The van der Waals surface area contributed by atoms with Crippen molar-refractivity contribution in [3.63, 3.8) is 0 Å². The van der Waals surface area contributed by atoms with Gasteiger partial charge in [-0.15, -0.1) is 0 Å². The van der Waals surface area contributed by atoms with Gasteiger partial charge in [-0.2, -0.15) is 5.10 Å². The number of benzene rings is 1. The van der Waals surface area contributed by atoms with E-state index >= 15 is 0 Å². The Morgan fingerprint density at radius 1 is 1.32 bits per heavy atom. The number of rotatable bonds is 6. The topological polar surface area (TPSA) is 91.0 Å². The Bertz CT molecular complexity index is 960. The maximum atomic E-state index is 12.3. The third-order valence-electron chi connectivity index (χ3n) is 3.94. The second kappa shape index (κ2) is 7.16. The molecule has 2 aromatic heterocycles. The van der Waals surface area contributed by atoms with Gasteiger partial charge in [-0.25, -0.2) is 4.98 Å². The second-order valence-corrected chi connectivity index (χ2v) is 5.59. The maximum Gasteiger partial charge on any atom is 0.264 e. The van der Waals surface area contributed by atoms with E-state index in [-0.39, 0.29) is 18.0 Å². The van der Waals surface area contributed by atoms with Gasteiger partial charge < -0.3 is 10.1 Å². The van der Waals surface area contributed by atoms with Gasteiger partial charge in [-0.3, -0.25) is 18.8 Å². The highest BCUT2D eigenvalue weighted by atomic mass is 16.5. The fourth-order valence-corrected chi connectivity index (χ4v) is 2.64. The van der Waals surface area contributed by atoms with Crippen LogP contribution in [0.15, 0.2) is 41.6 Å². The summed E-state index contributed by atoms with van der Waals surface area (Å²) in [7, 11) is 3.33. The molecule has 0 spiro atoms. The SMILES string of the molecule is COc1ccccc1CCNC(=O)Cn1cnc2c(cnn2C)c1=O. The molecule has 0 unspecified atom stereocenters. The first-order valence-corrected chi connectivity index (χ1v) is 7.86. The molecule has 0 bridgehead atoms. The second-order valence-electron chi connectivity index (χ2n) is 5.59. The number of fused-ring (bicyclic) bond motifs is 1. The summed E-state index contributed by atoms with van der Waals surface area (Å²) in [4.78, 5) is 28.6. The fraction of sp³-hybridized carbons (Fsp3) is 0.294. The minimum absolute atomic E-state index is 0.0808. The Kier molecular flexibility index (Phi) is 4.78. The standard InChI is InChI=1S/C17H19N5O3/c1-21-16-13(9-20-21)17(24)22(11-19-16)10-15(23)18-8-7-12-5-3-4-6-14(12)25-2/h3-6,9,11H,7-8,10H2,1-2H3,(H,18,23). The summed E-state index contributed by atoms with van der Waals surface area (Å²) in [6.07, 6.45) is 3.47. The molecule has 2 heterocycles. The quantitative estimate of drug-likeness (QED) is 0.705. The largest absolute Gasteiger partial charge is 0.496 e. The van der Waals surface area contributed by atoms with E-state index < -0.39 is 0 Å². The van der Waals surface area contributed by atoms with Crippen molar-refractivity contribution in [2.45, 2.75) is 13.0 Å². The van der Waals surface area contributed by atoms with Gasteiger partial charge in [0.05, 0.1) is 13.3 Å². The molecule has 0 saturated heterocycles. The highest BCUT2D eigenvalue weighted by Crippen LogP contribution is 2.17. The number of carbonyl (C=O) groups is 1. The van der Waals surface area contributed by atoms with Crippen LogP contribution in [0.25, 0.3) is 11.0 Å². The molecule has 0 atom stereocenters. The molecule has 0 aliphatic rings. The van der Waals surface area contributed by atoms with Crippen molar-refractivity contribution in [1.82, 2.24) is 24.6 Å². The summed E-state index contributed by atoms with van der Waals surface area (Å²) in [5.74, 6) is 0.543. The van der Waals surface area contributed by atoms with Crippen LogP contribution < -0.4 is 15.6 Å². The number of carbonyl (C=O) groups excluding carboxylic acids is 1. The van der Waals surface area contributed by atoms with E-state index in [0.717, 1.165) is 11.3 Å². The van der Waals surface area contributed by atoms with Crippen LogP contribution in [0.5, 0.6) is 5.75 Å². The smallest absolute Gasteiger partial charge is 0.264 e. The highest BCUT2D eigenvalue weighted by Gasteiger charge is 2.11. The zero-order valence-electron chi connectivity index (χ0n) is 14.1. The summed E-state index contributed by atoms with van der Waals surface area (Å²) in [5, 5.41) is 7.21. The number of nitrogens with zero attached hydrogens (tertiary/aromatic N) is 4. The molecule has 0 aliphatic carbocycles. The fourth-order valence-electron chi connectivity index (χ4n) is 2.64. The monoisotopic (exact) mass is 341 g/mol. The number of aromatic nitrogens is 4. The third-order valence-corrected chi connectivity index (χ3v) is 3.94. The molecule has 3 rings (SSSR count). The number of aryl methyl sites for hydroxylation is 1. The molecule has 3 aromatic rings. The Morgan fingerprint density at radius 2 is 2.12 bits per heavy atom. The van der Waals surface area contributed by atoms with E-state index in [1.165, 1.54) is 21.8 Å². The van der Waals surface area contributed by atoms with Gasteiger partial charge in [-0.1, -0.05) is 18.2 Å².